The van der Waals surface area contributed by atoms with Crippen molar-refractivity contribution in [2.24, 2.45) is 0 Å². The van der Waals surface area contributed by atoms with E-state index in [1.807, 2.05) is 0 Å². The van der Waals surface area contributed by atoms with Crippen LogP contribution in [0.15, 0.2) is 16.5 Å². The average molecular weight is 222 g/mol. The van der Waals surface area contributed by atoms with E-state index in [0.29, 0.717) is 6.04 Å². The van der Waals surface area contributed by atoms with Crippen LogP contribution in [0, 0.1) is 0 Å². The summed E-state index contributed by atoms with van der Waals surface area (Å²) >= 11 is 0. The van der Waals surface area contributed by atoms with Gasteiger partial charge in [0.25, 0.3) is 0 Å². The topological polar surface area (TPSA) is 28.4 Å². The Kier molecular flexibility index (Phi) is 4.02. The number of nitrogens with one attached hydrogen (secondary N) is 1. The molecule has 0 bridgehead atoms. The molecule has 0 spiro atoms. The van der Waals surface area contributed by atoms with Gasteiger partial charge in [0.1, 0.15) is 11.5 Å². The van der Waals surface area contributed by atoms with Crippen molar-refractivity contribution in [2.45, 2.75) is 45.8 Å². The highest BCUT2D eigenvalue weighted by Gasteiger charge is 2.13. The second kappa shape index (κ2) is 5.51. The van der Waals surface area contributed by atoms with Gasteiger partial charge in [0, 0.05) is 6.04 Å². The molecule has 1 fully saturated rings. The van der Waals surface area contributed by atoms with Crippen molar-refractivity contribution in [3.05, 3.63) is 23.7 Å². The highest BCUT2D eigenvalue weighted by atomic mass is 16.3. The quantitative estimate of drug-likeness (QED) is 0.829. The monoisotopic (exact) mass is 222 g/mol. The van der Waals surface area contributed by atoms with E-state index in [1.165, 1.54) is 25.9 Å². The van der Waals surface area contributed by atoms with Crippen molar-refractivity contribution in [3.63, 3.8) is 0 Å². The Bertz CT molecular complexity index is 313. The summed E-state index contributed by atoms with van der Waals surface area (Å²) in [5, 5.41) is 3.36. The third-order valence-electron chi connectivity index (χ3n) is 2.98. The molecule has 0 saturated carbocycles. The number of furan rings is 1. The van der Waals surface area contributed by atoms with Gasteiger partial charge in [-0.05, 0) is 38.1 Å². The van der Waals surface area contributed by atoms with Crippen molar-refractivity contribution in [1.29, 1.82) is 0 Å². The smallest absolute Gasteiger partial charge is 0.118 e. The zero-order valence-corrected chi connectivity index (χ0v) is 10.3. The van der Waals surface area contributed by atoms with Crippen molar-refractivity contribution >= 4 is 0 Å². The van der Waals surface area contributed by atoms with E-state index >= 15 is 0 Å². The van der Waals surface area contributed by atoms with E-state index in [0.717, 1.165) is 24.6 Å². The van der Waals surface area contributed by atoms with Crippen LogP contribution >= 0.6 is 0 Å². The second-order valence-corrected chi connectivity index (χ2v) is 4.89. The molecule has 1 aliphatic heterocycles. The fourth-order valence-corrected chi connectivity index (χ4v) is 2.07. The fourth-order valence-electron chi connectivity index (χ4n) is 2.07. The van der Waals surface area contributed by atoms with E-state index < -0.39 is 0 Å². The highest BCUT2D eigenvalue weighted by Crippen LogP contribution is 2.15. The number of hydrogen-bond acceptors (Lipinski definition) is 3. The van der Waals surface area contributed by atoms with Crippen molar-refractivity contribution in [3.8, 4) is 0 Å². The van der Waals surface area contributed by atoms with Gasteiger partial charge >= 0.3 is 0 Å². The number of rotatable bonds is 5. The molecule has 0 radical (unpaired) electrons. The average Bonchev–Trinajstić information content (AvgIpc) is 2.87. The molecule has 1 N–H and O–H groups in total. The Morgan fingerprint density at radius 2 is 1.94 bits per heavy atom. The van der Waals surface area contributed by atoms with E-state index in [9.17, 15) is 0 Å². The number of hydrogen-bond donors (Lipinski definition) is 1. The van der Waals surface area contributed by atoms with Crippen LogP contribution < -0.4 is 5.32 Å². The minimum Gasteiger partial charge on any atom is -0.463 e. The summed E-state index contributed by atoms with van der Waals surface area (Å²) in [5.74, 6) is 2.14. The number of likely N-dealkylation sites (tertiary alicyclic amines) is 1. The van der Waals surface area contributed by atoms with Crippen LogP contribution in [0.4, 0.5) is 0 Å². The van der Waals surface area contributed by atoms with Gasteiger partial charge in [0.15, 0.2) is 0 Å². The SMILES string of the molecule is CC(C)NCc1ccc(CN2CCCC2)o1. The Labute approximate surface area is 97.8 Å². The van der Waals surface area contributed by atoms with Crippen LogP contribution in [-0.2, 0) is 13.1 Å². The Morgan fingerprint density at radius 1 is 1.25 bits per heavy atom. The molecular weight excluding hydrogens is 200 g/mol. The summed E-state index contributed by atoms with van der Waals surface area (Å²) in [4.78, 5) is 2.46. The lowest BCUT2D eigenvalue weighted by Crippen LogP contribution is -2.21. The second-order valence-electron chi connectivity index (χ2n) is 4.89. The largest absolute Gasteiger partial charge is 0.463 e. The summed E-state index contributed by atoms with van der Waals surface area (Å²) in [6.45, 7) is 8.54. The van der Waals surface area contributed by atoms with Crippen molar-refractivity contribution in [2.75, 3.05) is 13.1 Å². The highest BCUT2D eigenvalue weighted by molar-refractivity contribution is 5.07. The Balaban J connectivity index is 1.81. The van der Waals surface area contributed by atoms with Crippen LogP contribution in [-0.4, -0.2) is 24.0 Å². The first-order valence-electron chi connectivity index (χ1n) is 6.27. The summed E-state index contributed by atoms with van der Waals surface area (Å²) < 4.78 is 5.79. The summed E-state index contributed by atoms with van der Waals surface area (Å²) in [6.07, 6.45) is 2.67. The molecule has 16 heavy (non-hydrogen) atoms. The third-order valence-corrected chi connectivity index (χ3v) is 2.98. The molecule has 3 heteroatoms. The van der Waals surface area contributed by atoms with Crippen molar-refractivity contribution in [1.82, 2.24) is 10.2 Å². The lowest BCUT2D eigenvalue weighted by atomic mass is 10.3. The molecule has 1 aromatic rings. The minimum atomic E-state index is 0.507. The third kappa shape index (κ3) is 3.35. The first-order chi connectivity index (χ1) is 7.74. The first-order valence-corrected chi connectivity index (χ1v) is 6.27. The van der Waals surface area contributed by atoms with E-state index in [-0.39, 0.29) is 0 Å². The molecule has 1 aromatic heterocycles. The van der Waals surface area contributed by atoms with Gasteiger partial charge in [-0.1, -0.05) is 13.8 Å². The lowest BCUT2D eigenvalue weighted by molar-refractivity contribution is 0.291. The van der Waals surface area contributed by atoms with E-state index in [1.54, 1.807) is 0 Å². The zero-order valence-electron chi connectivity index (χ0n) is 10.3. The zero-order chi connectivity index (χ0) is 11.4. The van der Waals surface area contributed by atoms with Gasteiger partial charge in [-0.15, -0.1) is 0 Å². The van der Waals surface area contributed by atoms with Crippen LogP contribution in [0.2, 0.25) is 0 Å². The molecule has 1 aliphatic rings. The maximum atomic E-state index is 5.79. The van der Waals surface area contributed by atoms with Gasteiger partial charge in [0.05, 0.1) is 13.1 Å². The van der Waals surface area contributed by atoms with Crippen LogP contribution in [0.5, 0.6) is 0 Å². The normalized spacial score (nSPS) is 17.4. The molecule has 2 rings (SSSR count). The summed E-state index contributed by atoms with van der Waals surface area (Å²) in [7, 11) is 0. The molecule has 0 unspecified atom stereocenters. The lowest BCUT2D eigenvalue weighted by Gasteiger charge is -2.11. The molecule has 0 aliphatic carbocycles. The summed E-state index contributed by atoms with van der Waals surface area (Å²) in [5.41, 5.74) is 0. The molecule has 3 nitrogen and oxygen atoms in total. The molecule has 1 saturated heterocycles. The minimum absolute atomic E-state index is 0.507. The molecular formula is C13H22N2O. The maximum Gasteiger partial charge on any atom is 0.118 e. The molecule has 0 atom stereocenters. The van der Waals surface area contributed by atoms with Gasteiger partial charge in [0.2, 0.25) is 0 Å². The number of nitrogens with zero attached hydrogens (tertiary/aromatic N) is 1. The van der Waals surface area contributed by atoms with Crippen molar-refractivity contribution < 1.29 is 4.42 Å². The standard InChI is InChI=1S/C13H22N2O/c1-11(2)14-9-12-5-6-13(16-12)10-15-7-3-4-8-15/h5-6,11,14H,3-4,7-10H2,1-2H3. The van der Waals surface area contributed by atoms with Gasteiger partial charge in [-0.25, -0.2) is 0 Å². The Morgan fingerprint density at radius 3 is 2.62 bits per heavy atom. The predicted molar refractivity (Wildman–Crippen MR) is 65.2 cm³/mol. The van der Waals surface area contributed by atoms with Crippen LogP contribution in [0.3, 0.4) is 0 Å². The Hall–Kier alpha value is -0.800. The van der Waals surface area contributed by atoms with Gasteiger partial charge < -0.3 is 9.73 Å². The molecule has 90 valence electrons. The van der Waals surface area contributed by atoms with Crippen LogP contribution in [0.1, 0.15) is 38.2 Å². The van der Waals surface area contributed by atoms with E-state index in [4.69, 9.17) is 4.42 Å². The maximum absolute atomic E-state index is 5.79. The predicted octanol–water partition coefficient (Wildman–Crippen LogP) is 2.37. The molecule has 0 amide bonds. The molecule has 2 heterocycles. The van der Waals surface area contributed by atoms with Gasteiger partial charge in [-0.2, -0.15) is 0 Å². The van der Waals surface area contributed by atoms with Gasteiger partial charge in [-0.3, -0.25) is 4.90 Å². The fraction of sp³-hybridized carbons (Fsp3) is 0.692. The molecule has 0 aromatic carbocycles. The van der Waals surface area contributed by atoms with Crippen LogP contribution in [0.25, 0.3) is 0 Å². The van der Waals surface area contributed by atoms with E-state index in [2.05, 4.69) is 36.2 Å². The first kappa shape index (κ1) is 11.7. The summed E-state index contributed by atoms with van der Waals surface area (Å²) in [6, 6.07) is 4.70.